The van der Waals surface area contributed by atoms with Crippen molar-refractivity contribution in [2.45, 2.75) is 33.1 Å². The molecule has 0 aliphatic rings. The van der Waals surface area contributed by atoms with Gasteiger partial charge in [-0.25, -0.2) is 0 Å². The predicted molar refractivity (Wildman–Crippen MR) is 106 cm³/mol. The van der Waals surface area contributed by atoms with E-state index in [0.29, 0.717) is 18.9 Å². The third-order valence-electron chi connectivity index (χ3n) is 3.44. The number of hydrogen-bond donors (Lipinski definition) is 3. The minimum Gasteiger partial charge on any atom is -0.492 e. The van der Waals surface area contributed by atoms with Gasteiger partial charge in [-0.2, -0.15) is 0 Å². The summed E-state index contributed by atoms with van der Waals surface area (Å²) in [6.45, 7) is 7.16. The zero-order valence-corrected chi connectivity index (χ0v) is 16.1. The van der Waals surface area contributed by atoms with Gasteiger partial charge in [0.15, 0.2) is 5.96 Å². The Bertz CT molecular complexity index is 549. The number of unbranched alkanes of at least 4 members (excludes halogenated alkanes) is 1. The smallest absolute Gasteiger partial charge is 0.221 e. The highest BCUT2D eigenvalue weighted by molar-refractivity contribution is 5.88. The summed E-state index contributed by atoms with van der Waals surface area (Å²) in [6, 6.07) is 7.32. The van der Waals surface area contributed by atoms with Crippen LogP contribution in [0, 0.1) is 0 Å². The second-order valence-corrected chi connectivity index (χ2v) is 5.80. The number of carbonyl (C=O) groups excluding carboxylic acids is 1. The van der Waals surface area contributed by atoms with E-state index in [4.69, 9.17) is 9.47 Å². The Balaban J connectivity index is 2.16. The van der Waals surface area contributed by atoms with Gasteiger partial charge < -0.3 is 25.4 Å². The van der Waals surface area contributed by atoms with E-state index in [1.165, 1.54) is 6.92 Å². The van der Waals surface area contributed by atoms with Crippen LogP contribution in [0.2, 0.25) is 0 Å². The number of ether oxygens (including phenoxy) is 2. The molecular weight excluding hydrogens is 332 g/mol. The first kappa shape index (κ1) is 21.8. The molecule has 0 spiro atoms. The summed E-state index contributed by atoms with van der Waals surface area (Å²) in [5.41, 5.74) is 0.724. The fraction of sp³-hybridized carbons (Fsp3) is 0.579. The van der Waals surface area contributed by atoms with Crippen LogP contribution in [0.4, 0.5) is 5.69 Å². The summed E-state index contributed by atoms with van der Waals surface area (Å²) in [5.74, 6) is 1.36. The fourth-order valence-electron chi connectivity index (χ4n) is 2.16. The Labute approximate surface area is 156 Å². The van der Waals surface area contributed by atoms with Gasteiger partial charge in [0, 0.05) is 45.5 Å². The molecule has 0 unspecified atom stereocenters. The lowest BCUT2D eigenvalue weighted by atomic mass is 10.3. The van der Waals surface area contributed by atoms with Crippen LogP contribution in [-0.2, 0) is 9.53 Å². The van der Waals surface area contributed by atoms with E-state index in [9.17, 15) is 4.79 Å². The van der Waals surface area contributed by atoms with E-state index >= 15 is 0 Å². The zero-order valence-electron chi connectivity index (χ0n) is 16.1. The third-order valence-corrected chi connectivity index (χ3v) is 3.44. The maximum Gasteiger partial charge on any atom is 0.221 e. The Morgan fingerprint density at radius 2 is 1.88 bits per heavy atom. The molecule has 0 aromatic heterocycles. The zero-order chi connectivity index (χ0) is 19.0. The number of benzene rings is 1. The monoisotopic (exact) mass is 364 g/mol. The minimum atomic E-state index is -0.102. The lowest BCUT2D eigenvalue weighted by Gasteiger charge is -2.13. The summed E-state index contributed by atoms with van der Waals surface area (Å²) >= 11 is 0. The number of rotatable bonds is 12. The van der Waals surface area contributed by atoms with E-state index in [1.54, 1.807) is 13.1 Å². The van der Waals surface area contributed by atoms with Gasteiger partial charge in [0.2, 0.25) is 5.91 Å². The largest absolute Gasteiger partial charge is 0.492 e. The number of aliphatic imine (C=N–C) groups is 1. The van der Waals surface area contributed by atoms with E-state index in [-0.39, 0.29) is 5.91 Å². The van der Waals surface area contributed by atoms with Crippen LogP contribution >= 0.6 is 0 Å². The molecular formula is C19H32N4O3. The van der Waals surface area contributed by atoms with E-state index in [1.807, 2.05) is 18.2 Å². The molecule has 0 aliphatic carbocycles. The van der Waals surface area contributed by atoms with Crippen LogP contribution in [-0.4, -0.2) is 51.8 Å². The van der Waals surface area contributed by atoms with E-state index in [2.05, 4.69) is 27.9 Å². The fourth-order valence-corrected chi connectivity index (χ4v) is 2.16. The maximum atomic E-state index is 11.1. The Hall–Kier alpha value is -2.28. The molecule has 1 rings (SSSR count). The Morgan fingerprint density at radius 3 is 2.62 bits per heavy atom. The van der Waals surface area contributed by atoms with Crippen molar-refractivity contribution < 1.29 is 14.3 Å². The number of guanidine groups is 1. The molecule has 0 saturated carbocycles. The molecule has 7 heteroatoms. The maximum absolute atomic E-state index is 11.1. The molecule has 0 aliphatic heterocycles. The average molecular weight is 364 g/mol. The second-order valence-electron chi connectivity index (χ2n) is 5.80. The molecule has 26 heavy (non-hydrogen) atoms. The summed E-state index contributed by atoms with van der Waals surface area (Å²) in [6.07, 6.45) is 3.22. The van der Waals surface area contributed by atoms with Crippen molar-refractivity contribution in [1.29, 1.82) is 0 Å². The third kappa shape index (κ3) is 10.6. The van der Waals surface area contributed by atoms with Crippen molar-refractivity contribution in [3.05, 3.63) is 24.3 Å². The quantitative estimate of drug-likeness (QED) is 0.301. The first-order chi connectivity index (χ1) is 12.7. The van der Waals surface area contributed by atoms with Crippen molar-refractivity contribution in [3.63, 3.8) is 0 Å². The molecule has 0 saturated heterocycles. The van der Waals surface area contributed by atoms with Crippen molar-refractivity contribution in [3.8, 4) is 5.75 Å². The summed E-state index contributed by atoms with van der Waals surface area (Å²) < 4.78 is 11.2. The van der Waals surface area contributed by atoms with Crippen molar-refractivity contribution >= 4 is 17.6 Å². The molecule has 0 fully saturated rings. The molecule has 7 nitrogen and oxygen atoms in total. The number of nitrogens with one attached hydrogen (secondary N) is 3. The van der Waals surface area contributed by atoms with Gasteiger partial charge in [0.05, 0.1) is 6.54 Å². The highest BCUT2D eigenvalue weighted by Crippen LogP contribution is 2.16. The molecule has 0 atom stereocenters. The first-order valence-electron chi connectivity index (χ1n) is 9.18. The highest BCUT2D eigenvalue weighted by atomic mass is 16.5. The SMILES string of the molecule is CCCCOCCCNC(=NC)NCCOc1cccc(NC(C)=O)c1. The van der Waals surface area contributed by atoms with Gasteiger partial charge in [-0.1, -0.05) is 19.4 Å². The molecule has 1 aromatic carbocycles. The number of hydrogen-bond acceptors (Lipinski definition) is 4. The molecule has 1 aromatic rings. The number of anilines is 1. The molecule has 0 bridgehead atoms. The van der Waals surface area contributed by atoms with Crippen LogP contribution in [0.3, 0.4) is 0 Å². The van der Waals surface area contributed by atoms with Crippen LogP contribution in [0.15, 0.2) is 29.3 Å². The average Bonchev–Trinajstić information content (AvgIpc) is 2.62. The second kappa shape index (κ2) is 13.9. The topological polar surface area (TPSA) is 84.0 Å². The number of nitrogens with zero attached hydrogens (tertiary/aromatic N) is 1. The first-order valence-corrected chi connectivity index (χ1v) is 9.18. The number of carbonyl (C=O) groups is 1. The van der Waals surface area contributed by atoms with Crippen molar-refractivity contribution in [2.24, 2.45) is 4.99 Å². The molecule has 0 heterocycles. The lowest BCUT2D eigenvalue weighted by Crippen LogP contribution is -2.39. The predicted octanol–water partition coefficient (Wildman–Crippen LogP) is 2.40. The highest BCUT2D eigenvalue weighted by Gasteiger charge is 2.00. The molecule has 3 N–H and O–H groups in total. The summed E-state index contributed by atoms with van der Waals surface area (Å²) in [5, 5.41) is 9.18. The molecule has 0 radical (unpaired) electrons. The van der Waals surface area contributed by atoms with E-state index in [0.717, 1.165) is 50.7 Å². The normalized spacial score (nSPS) is 11.1. The Morgan fingerprint density at radius 1 is 1.12 bits per heavy atom. The minimum absolute atomic E-state index is 0.102. The van der Waals surface area contributed by atoms with E-state index < -0.39 is 0 Å². The standard InChI is InChI=1S/C19H32N4O3/c1-4-5-12-25-13-7-10-21-19(20-3)22-11-14-26-18-9-6-8-17(15-18)23-16(2)24/h6,8-9,15H,4-5,7,10-14H2,1-3H3,(H,23,24)(H2,20,21,22). The van der Waals surface area contributed by atoms with Gasteiger partial charge in [0.1, 0.15) is 12.4 Å². The van der Waals surface area contributed by atoms with Gasteiger partial charge in [-0.15, -0.1) is 0 Å². The summed E-state index contributed by atoms with van der Waals surface area (Å²) in [7, 11) is 1.74. The van der Waals surface area contributed by atoms with Gasteiger partial charge in [-0.3, -0.25) is 9.79 Å². The van der Waals surface area contributed by atoms with Gasteiger partial charge in [0.25, 0.3) is 0 Å². The van der Waals surface area contributed by atoms with Crippen molar-refractivity contribution in [1.82, 2.24) is 10.6 Å². The van der Waals surface area contributed by atoms with Gasteiger partial charge in [-0.05, 0) is 25.0 Å². The van der Waals surface area contributed by atoms with Gasteiger partial charge >= 0.3 is 0 Å². The Kier molecular flexibility index (Phi) is 11.7. The molecule has 1 amide bonds. The number of amides is 1. The van der Waals surface area contributed by atoms with Crippen molar-refractivity contribution in [2.75, 3.05) is 45.3 Å². The summed E-state index contributed by atoms with van der Waals surface area (Å²) in [4.78, 5) is 15.3. The van der Waals surface area contributed by atoms with Crippen LogP contribution < -0.4 is 20.7 Å². The molecule has 146 valence electrons. The van der Waals surface area contributed by atoms with Crippen LogP contribution in [0.25, 0.3) is 0 Å². The van der Waals surface area contributed by atoms with Crippen LogP contribution in [0.1, 0.15) is 33.1 Å². The lowest BCUT2D eigenvalue weighted by molar-refractivity contribution is -0.114. The van der Waals surface area contributed by atoms with Crippen LogP contribution in [0.5, 0.6) is 5.75 Å².